The van der Waals surface area contributed by atoms with Crippen molar-refractivity contribution in [2.45, 2.75) is 12.1 Å². The lowest BCUT2D eigenvalue weighted by atomic mass is 10.2. The van der Waals surface area contributed by atoms with Gasteiger partial charge >= 0.3 is 0 Å². The average molecular weight is 402 g/mol. The Morgan fingerprint density at radius 1 is 1.25 bits per heavy atom. The number of halogens is 1. The Bertz CT molecular complexity index is 845. The minimum Gasteiger partial charge on any atom is -0.325 e. The van der Waals surface area contributed by atoms with Crippen molar-refractivity contribution in [3.63, 3.8) is 0 Å². The van der Waals surface area contributed by atoms with Gasteiger partial charge in [-0.3, -0.25) is 9.36 Å². The summed E-state index contributed by atoms with van der Waals surface area (Å²) in [4.78, 5) is 16.5. The third-order valence-electron chi connectivity index (χ3n) is 3.35. The van der Waals surface area contributed by atoms with E-state index >= 15 is 0 Å². The van der Waals surface area contributed by atoms with Crippen molar-refractivity contribution in [1.82, 2.24) is 9.55 Å². The van der Waals surface area contributed by atoms with E-state index in [1.807, 2.05) is 66.2 Å². The van der Waals surface area contributed by atoms with Gasteiger partial charge in [0.2, 0.25) is 5.91 Å². The van der Waals surface area contributed by atoms with Gasteiger partial charge < -0.3 is 5.32 Å². The maximum absolute atomic E-state index is 12.1. The molecule has 0 aliphatic heterocycles. The molecule has 0 spiro atoms. The molecule has 0 atom stereocenters. The van der Waals surface area contributed by atoms with Gasteiger partial charge in [0.25, 0.3) is 0 Å². The number of hydrogen-bond donors (Lipinski definition) is 1. The highest BCUT2D eigenvalue weighted by molar-refractivity contribution is 9.10. The molecule has 3 rings (SSSR count). The monoisotopic (exact) mass is 401 g/mol. The van der Waals surface area contributed by atoms with E-state index in [9.17, 15) is 4.79 Å². The van der Waals surface area contributed by atoms with Crippen LogP contribution in [0.25, 0.3) is 5.69 Å². The van der Waals surface area contributed by atoms with Crippen LogP contribution in [-0.4, -0.2) is 21.2 Å². The molecule has 2 aromatic carbocycles. The third kappa shape index (κ3) is 4.27. The van der Waals surface area contributed by atoms with Gasteiger partial charge in [-0.25, -0.2) is 4.98 Å². The molecule has 0 aliphatic rings. The molecule has 1 N–H and O–H groups in total. The van der Waals surface area contributed by atoms with Crippen molar-refractivity contribution in [3.8, 4) is 5.69 Å². The minimum absolute atomic E-state index is 0.0454. The predicted octanol–water partition coefficient (Wildman–Crippen LogP) is 4.67. The first kappa shape index (κ1) is 16.8. The van der Waals surface area contributed by atoms with E-state index in [-0.39, 0.29) is 5.91 Å². The SMILES string of the molecule is Cc1cccc(NC(=O)CSc2nccn2-c2ccc(Br)cc2)c1. The van der Waals surface area contributed by atoms with Gasteiger partial charge in [-0.2, -0.15) is 0 Å². The number of anilines is 1. The van der Waals surface area contributed by atoms with Crippen molar-refractivity contribution < 1.29 is 4.79 Å². The summed E-state index contributed by atoms with van der Waals surface area (Å²) in [5, 5.41) is 3.70. The number of nitrogens with one attached hydrogen (secondary N) is 1. The van der Waals surface area contributed by atoms with Crippen LogP contribution in [0.15, 0.2) is 70.6 Å². The zero-order valence-electron chi connectivity index (χ0n) is 13.1. The Kier molecular flexibility index (Phi) is 5.37. The standard InChI is InChI=1S/C18H16BrN3OS/c1-13-3-2-4-15(11-13)21-17(23)12-24-18-20-9-10-22(18)16-7-5-14(19)6-8-16/h2-11H,12H2,1H3,(H,21,23). The van der Waals surface area contributed by atoms with Gasteiger partial charge in [-0.15, -0.1) is 0 Å². The first-order valence-corrected chi connectivity index (χ1v) is 9.18. The second kappa shape index (κ2) is 7.68. The van der Waals surface area contributed by atoms with E-state index in [0.717, 1.165) is 26.6 Å². The molecule has 122 valence electrons. The largest absolute Gasteiger partial charge is 0.325 e. The Balaban J connectivity index is 1.64. The van der Waals surface area contributed by atoms with Crippen molar-refractivity contribution in [2.75, 3.05) is 11.1 Å². The molecule has 24 heavy (non-hydrogen) atoms. The summed E-state index contributed by atoms with van der Waals surface area (Å²) in [5.74, 6) is 0.262. The summed E-state index contributed by atoms with van der Waals surface area (Å²) in [6, 6.07) is 15.7. The molecule has 3 aromatic rings. The van der Waals surface area contributed by atoms with Crippen LogP contribution < -0.4 is 5.32 Å². The molecule has 0 saturated heterocycles. The van der Waals surface area contributed by atoms with E-state index in [4.69, 9.17) is 0 Å². The number of aryl methyl sites for hydroxylation is 1. The second-order valence-corrected chi connectivity index (χ2v) is 7.12. The Hall–Kier alpha value is -2.05. The fourth-order valence-electron chi connectivity index (χ4n) is 2.24. The lowest BCUT2D eigenvalue weighted by molar-refractivity contribution is -0.113. The molecule has 1 heterocycles. The van der Waals surface area contributed by atoms with Gasteiger partial charge in [0, 0.05) is 28.2 Å². The van der Waals surface area contributed by atoms with Gasteiger partial charge in [0.15, 0.2) is 5.16 Å². The maximum atomic E-state index is 12.1. The van der Waals surface area contributed by atoms with E-state index in [1.54, 1.807) is 6.20 Å². The molecule has 0 bridgehead atoms. The van der Waals surface area contributed by atoms with E-state index in [1.165, 1.54) is 11.8 Å². The molecule has 0 fully saturated rings. The lowest BCUT2D eigenvalue weighted by Gasteiger charge is -2.08. The molecular weight excluding hydrogens is 386 g/mol. The lowest BCUT2D eigenvalue weighted by Crippen LogP contribution is -2.14. The predicted molar refractivity (Wildman–Crippen MR) is 102 cm³/mol. The zero-order chi connectivity index (χ0) is 16.9. The first-order chi connectivity index (χ1) is 11.6. The van der Waals surface area contributed by atoms with E-state index in [2.05, 4.69) is 26.2 Å². The van der Waals surface area contributed by atoms with Crippen LogP contribution in [0.3, 0.4) is 0 Å². The first-order valence-electron chi connectivity index (χ1n) is 7.40. The number of amides is 1. The second-order valence-electron chi connectivity index (χ2n) is 5.26. The van der Waals surface area contributed by atoms with E-state index in [0.29, 0.717) is 5.75 Å². The highest BCUT2D eigenvalue weighted by atomic mass is 79.9. The number of carbonyl (C=O) groups excluding carboxylic acids is 1. The number of thioether (sulfide) groups is 1. The average Bonchev–Trinajstić information content (AvgIpc) is 3.02. The highest BCUT2D eigenvalue weighted by Crippen LogP contribution is 2.22. The topological polar surface area (TPSA) is 46.9 Å². The summed E-state index contributed by atoms with van der Waals surface area (Å²) in [5.41, 5.74) is 2.94. The number of hydrogen-bond acceptors (Lipinski definition) is 3. The van der Waals surface area contributed by atoms with Crippen LogP contribution in [0, 0.1) is 6.92 Å². The van der Waals surface area contributed by atoms with Crippen LogP contribution >= 0.6 is 27.7 Å². The number of benzene rings is 2. The molecule has 4 nitrogen and oxygen atoms in total. The van der Waals surface area contributed by atoms with E-state index < -0.39 is 0 Å². The molecule has 0 radical (unpaired) electrons. The van der Waals surface area contributed by atoms with Crippen molar-refractivity contribution in [2.24, 2.45) is 0 Å². The number of carbonyl (C=O) groups is 1. The number of nitrogens with zero attached hydrogens (tertiary/aromatic N) is 2. The number of imidazole rings is 1. The molecular formula is C18H16BrN3OS. The Labute approximate surface area is 153 Å². The highest BCUT2D eigenvalue weighted by Gasteiger charge is 2.09. The molecule has 0 aliphatic carbocycles. The zero-order valence-corrected chi connectivity index (χ0v) is 15.5. The minimum atomic E-state index is -0.0454. The summed E-state index contributed by atoms with van der Waals surface area (Å²) >= 11 is 4.84. The number of aromatic nitrogens is 2. The fourth-order valence-corrected chi connectivity index (χ4v) is 3.28. The van der Waals surface area contributed by atoms with Crippen LogP contribution in [0.4, 0.5) is 5.69 Å². The smallest absolute Gasteiger partial charge is 0.234 e. The molecule has 1 amide bonds. The summed E-state index contributed by atoms with van der Waals surface area (Å²) in [7, 11) is 0. The summed E-state index contributed by atoms with van der Waals surface area (Å²) < 4.78 is 3.00. The quantitative estimate of drug-likeness (QED) is 0.631. The van der Waals surface area contributed by atoms with Crippen LogP contribution in [0.2, 0.25) is 0 Å². The molecule has 1 aromatic heterocycles. The van der Waals surface area contributed by atoms with Crippen molar-refractivity contribution in [3.05, 3.63) is 71.0 Å². The van der Waals surface area contributed by atoms with Gasteiger partial charge in [-0.1, -0.05) is 39.8 Å². The summed E-state index contributed by atoms with van der Waals surface area (Å²) in [6.45, 7) is 2.00. The van der Waals surface area contributed by atoms with Crippen LogP contribution in [0.1, 0.15) is 5.56 Å². The normalized spacial score (nSPS) is 10.6. The number of rotatable bonds is 5. The van der Waals surface area contributed by atoms with Gasteiger partial charge in [0.1, 0.15) is 0 Å². The maximum Gasteiger partial charge on any atom is 0.234 e. The summed E-state index contributed by atoms with van der Waals surface area (Å²) in [6.07, 6.45) is 3.63. The van der Waals surface area contributed by atoms with Gasteiger partial charge in [-0.05, 0) is 48.9 Å². The Morgan fingerprint density at radius 3 is 2.79 bits per heavy atom. The molecule has 0 unspecified atom stereocenters. The molecule has 0 saturated carbocycles. The third-order valence-corrected chi connectivity index (χ3v) is 4.84. The van der Waals surface area contributed by atoms with Crippen molar-refractivity contribution >= 4 is 39.3 Å². The molecule has 6 heteroatoms. The van der Waals surface area contributed by atoms with Crippen molar-refractivity contribution in [1.29, 1.82) is 0 Å². The fraction of sp³-hybridized carbons (Fsp3) is 0.111. The van der Waals surface area contributed by atoms with Gasteiger partial charge in [0.05, 0.1) is 5.75 Å². The van der Waals surface area contributed by atoms with Crippen LogP contribution in [0.5, 0.6) is 0 Å². The van der Waals surface area contributed by atoms with Crippen LogP contribution in [-0.2, 0) is 4.79 Å². The Morgan fingerprint density at radius 2 is 2.04 bits per heavy atom.